The molecule has 65 heavy (non-hydrogen) atoms. The lowest BCUT2D eigenvalue weighted by molar-refractivity contribution is 0.00537. The van der Waals surface area contributed by atoms with Crippen molar-refractivity contribution in [1.82, 2.24) is 24.8 Å². The van der Waals surface area contributed by atoms with Crippen LogP contribution in [0.1, 0.15) is 100.0 Å². The Hall–Kier alpha value is -4.78. The van der Waals surface area contributed by atoms with Crippen molar-refractivity contribution in [1.29, 1.82) is 0 Å². The Balaban J connectivity index is 1.23. The minimum absolute atomic E-state index is 0.00564. The number of pyridine rings is 1. The van der Waals surface area contributed by atoms with Gasteiger partial charge in [-0.05, 0) is 93.2 Å². The number of benzene rings is 2. The van der Waals surface area contributed by atoms with Crippen LogP contribution in [-0.4, -0.2) is 121 Å². The molecule has 0 N–H and O–H groups in total. The lowest BCUT2D eigenvalue weighted by Gasteiger charge is -2.46. The third-order valence-electron chi connectivity index (χ3n) is 14.8. The van der Waals surface area contributed by atoms with Gasteiger partial charge >= 0.3 is 12.1 Å². The van der Waals surface area contributed by atoms with Gasteiger partial charge in [-0.15, -0.1) is 5.54 Å². The number of anilines is 1. The van der Waals surface area contributed by atoms with Crippen molar-refractivity contribution in [3.63, 3.8) is 0 Å². The van der Waals surface area contributed by atoms with Crippen LogP contribution in [0.2, 0.25) is 16.6 Å². The van der Waals surface area contributed by atoms with Gasteiger partial charge in [0.2, 0.25) is 5.88 Å². The molecule has 4 aromatic rings. The van der Waals surface area contributed by atoms with Gasteiger partial charge in [0.1, 0.15) is 61.2 Å². The highest BCUT2D eigenvalue weighted by molar-refractivity contribution is 6.90. The molecule has 5 atom stereocenters. The number of fused-ring (bicyclic) bond motifs is 7. The Kier molecular flexibility index (Phi) is 12.0. The summed E-state index contributed by atoms with van der Waals surface area (Å²) >= 11 is 0. The first-order valence-electron chi connectivity index (χ1n) is 23.5. The molecule has 4 fully saturated rings. The number of carbonyl (C=O) groups is 1. The van der Waals surface area contributed by atoms with E-state index >= 15 is 4.39 Å². The molecule has 5 aliphatic rings. The van der Waals surface area contributed by atoms with E-state index in [4.69, 9.17) is 38.6 Å². The summed E-state index contributed by atoms with van der Waals surface area (Å²) in [7, 11) is -0.624. The van der Waals surface area contributed by atoms with Crippen LogP contribution in [0.25, 0.3) is 32.9 Å². The van der Waals surface area contributed by atoms with Gasteiger partial charge in [0.25, 0.3) is 0 Å². The van der Waals surface area contributed by atoms with Gasteiger partial charge in [-0.1, -0.05) is 59.6 Å². The molecule has 15 heteroatoms. The maximum atomic E-state index is 18.1. The Morgan fingerprint density at radius 3 is 2.49 bits per heavy atom. The van der Waals surface area contributed by atoms with Gasteiger partial charge in [-0.3, -0.25) is 9.80 Å². The summed E-state index contributed by atoms with van der Waals surface area (Å²) in [5, 5.41) is 1.85. The molecule has 2 aromatic heterocycles. The minimum atomic E-state index is -2.17. The summed E-state index contributed by atoms with van der Waals surface area (Å²) in [6.07, 6.45) is 2.29. The number of amides is 1. The molecule has 0 saturated carbocycles. The Labute approximate surface area is 382 Å². The van der Waals surface area contributed by atoms with Crippen LogP contribution in [0, 0.1) is 17.3 Å². The highest BCUT2D eigenvalue weighted by atomic mass is 28.3. The van der Waals surface area contributed by atoms with Crippen LogP contribution in [0.4, 0.5) is 19.4 Å². The normalized spacial score (nSPS) is 24.0. The highest BCUT2D eigenvalue weighted by Crippen LogP contribution is 2.48. The van der Waals surface area contributed by atoms with E-state index in [9.17, 15) is 9.18 Å². The van der Waals surface area contributed by atoms with E-state index in [0.717, 1.165) is 48.6 Å². The summed E-state index contributed by atoms with van der Waals surface area (Å²) in [5.74, 6) is 4.05. The number of hydrogen-bond donors (Lipinski definition) is 0. The zero-order valence-electron chi connectivity index (χ0n) is 39.6. The molecule has 2 bridgehead atoms. The number of hydrogen-bond acceptors (Lipinski definition) is 11. The van der Waals surface area contributed by atoms with Crippen LogP contribution in [-0.2, 0) is 9.47 Å². The number of nitrogens with zero attached hydrogens (tertiary/aromatic N) is 6. The number of halogens is 2. The molecule has 5 aliphatic heterocycles. The molecular formula is C50H64F2N6O6Si. The summed E-state index contributed by atoms with van der Waals surface area (Å²) in [6.45, 7) is 21.2. The molecule has 1 amide bonds. The van der Waals surface area contributed by atoms with Crippen molar-refractivity contribution in [2.75, 3.05) is 51.7 Å². The van der Waals surface area contributed by atoms with Crippen molar-refractivity contribution in [2.24, 2.45) is 0 Å². The van der Waals surface area contributed by atoms with E-state index in [0.29, 0.717) is 58.7 Å². The molecule has 0 radical (unpaired) electrons. The van der Waals surface area contributed by atoms with Gasteiger partial charge < -0.3 is 28.6 Å². The first-order valence-corrected chi connectivity index (χ1v) is 25.7. The van der Waals surface area contributed by atoms with Gasteiger partial charge in [0.05, 0.1) is 23.7 Å². The topological polar surface area (TPSA) is 112 Å². The van der Waals surface area contributed by atoms with E-state index in [-0.39, 0.29) is 67.3 Å². The first-order chi connectivity index (χ1) is 30.9. The average molecular weight is 911 g/mol. The summed E-state index contributed by atoms with van der Waals surface area (Å²) < 4.78 is 63.6. The number of aromatic nitrogens is 3. The molecule has 2 aromatic carbocycles. The predicted molar refractivity (Wildman–Crippen MR) is 251 cm³/mol. The highest BCUT2D eigenvalue weighted by Gasteiger charge is 2.53. The molecule has 7 heterocycles. The quantitative estimate of drug-likeness (QED) is 0.0862. The Morgan fingerprint density at radius 1 is 1.00 bits per heavy atom. The molecule has 0 unspecified atom stereocenters. The lowest BCUT2D eigenvalue weighted by Crippen LogP contribution is -2.63. The Bertz CT molecular complexity index is 2540. The third-order valence-corrected chi connectivity index (χ3v) is 21.1. The first kappa shape index (κ1) is 45.4. The summed E-state index contributed by atoms with van der Waals surface area (Å²) in [5.41, 5.74) is 5.18. The van der Waals surface area contributed by atoms with Gasteiger partial charge in [0, 0.05) is 43.1 Å². The maximum absolute atomic E-state index is 18.1. The monoisotopic (exact) mass is 910 g/mol. The van der Waals surface area contributed by atoms with E-state index in [1.807, 2.05) is 49.9 Å². The second kappa shape index (κ2) is 17.1. The second-order valence-electron chi connectivity index (χ2n) is 20.8. The fourth-order valence-corrected chi connectivity index (χ4v) is 17.3. The van der Waals surface area contributed by atoms with E-state index in [1.165, 1.54) is 0 Å². The standard InChI is InChI=1S/C50H64F2N6O6Si/c1-29(2)65(30(3)4,31(5)6)20-17-32-13-11-14-33-21-36(63-28-60-10)22-37(40(32)33)43-42(52)44-41-45(55-47(54-44)62-27-50-18-12-19-56(50)24-34(51)23-50)57-25-35-15-16-38(39(57)26-61-46(41)53-43)58(35)48(59)64-49(7,8)9/h11,13-14,21-22,29-31,34-35,38-39H,12,15-16,18-19,23-28H2,1-10H3/t34-,35-,38+,39-,50-/m1/s1. The summed E-state index contributed by atoms with van der Waals surface area (Å²) in [6, 6.07) is 8.82. The van der Waals surface area contributed by atoms with Crippen molar-refractivity contribution in [3.05, 3.63) is 41.7 Å². The van der Waals surface area contributed by atoms with E-state index in [1.54, 1.807) is 13.2 Å². The maximum Gasteiger partial charge on any atom is 0.410 e. The molecule has 9 rings (SSSR count). The van der Waals surface area contributed by atoms with Gasteiger partial charge in [-0.2, -0.15) is 9.97 Å². The molecule has 4 saturated heterocycles. The number of methoxy groups -OCH3 is 1. The van der Waals surface area contributed by atoms with Crippen LogP contribution in [0.5, 0.6) is 17.6 Å². The lowest BCUT2D eigenvalue weighted by atomic mass is 9.95. The van der Waals surface area contributed by atoms with Crippen LogP contribution in [0.15, 0.2) is 30.3 Å². The van der Waals surface area contributed by atoms with Crippen LogP contribution in [0.3, 0.4) is 0 Å². The zero-order valence-corrected chi connectivity index (χ0v) is 40.6. The SMILES string of the molecule is COCOc1cc(-c2nc3c4c(nc(OC[C@]56CCCN5C[C@H](F)C6)nc4c2F)N2C[C@H]4CC[C@@H]([C@H]2CO3)N4C(=O)OC(C)(C)C)c2c(C#C[Si](C(C)C)(C(C)C)C(C)C)cccc2c1. The van der Waals surface area contributed by atoms with Crippen molar-refractivity contribution >= 4 is 41.7 Å². The fourth-order valence-electron chi connectivity index (χ4n) is 12.1. The average Bonchev–Trinajstić information content (AvgIpc) is 3.85. The number of alkyl halides is 1. The Morgan fingerprint density at radius 2 is 1.77 bits per heavy atom. The van der Waals surface area contributed by atoms with Gasteiger partial charge in [-0.25, -0.2) is 18.6 Å². The van der Waals surface area contributed by atoms with Gasteiger partial charge in [0.15, 0.2) is 12.6 Å². The second-order valence-corrected chi connectivity index (χ2v) is 26.4. The number of ether oxygens (including phenoxy) is 5. The molecule has 0 aliphatic carbocycles. The van der Waals surface area contributed by atoms with Crippen molar-refractivity contribution in [3.8, 4) is 40.4 Å². The third kappa shape index (κ3) is 7.94. The molecule has 0 spiro atoms. The summed E-state index contributed by atoms with van der Waals surface area (Å²) in [4.78, 5) is 34.9. The smallest absolute Gasteiger partial charge is 0.410 e. The van der Waals surface area contributed by atoms with Crippen molar-refractivity contribution < 1.29 is 37.3 Å². The van der Waals surface area contributed by atoms with Crippen molar-refractivity contribution in [2.45, 2.75) is 146 Å². The van der Waals surface area contributed by atoms with Crippen LogP contribution < -0.4 is 19.1 Å². The fraction of sp³-hybridized carbons (Fsp3) is 0.600. The predicted octanol–water partition coefficient (Wildman–Crippen LogP) is 9.84. The molecule has 12 nitrogen and oxygen atoms in total. The van der Waals surface area contributed by atoms with E-state index in [2.05, 4.69) is 62.8 Å². The number of rotatable bonds is 10. The van der Waals surface area contributed by atoms with E-state index < -0.39 is 31.2 Å². The number of piperazine rings is 1. The van der Waals surface area contributed by atoms with Crippen LogP contribution >= 0.6 is 0 Å². The zero-order chi connectivity index (χ0) is 46.2. The largest absolute Gasteiger partial charge is 0.475 e. The molecular weight excluding hydrogens is 847 g/mol. The molecule has 348 valence electrons. The number of carbonyl (C=O) groups excluding carboxylic acids is 1. The minimum Gasteiger partial charge on any atom is -0.475 e.